The first kappa shape index (κ1) is 12.2. The van der Waals surface area contributed by atoms with Crippen molar-refractivity contribution in [1.82, 2.24) is 0 Å². The maximum atomic E-state index is 10.8. The summed E-state index contributed by atoms with van der Waals surface area (Å²) in [6, 6.07) is 0. The molecule has 1 aromatic heterocycles. The van der Waals surface area contributed by atoms with Gasteiger partial charge in [-0.2, -0.15) is 0 Å². The van der Waals surface area contributed by atoms with E-state index >= 15 is 0 Å². The Balaban J connectivity index is 2.34. The van der Waals surface area contributed by atoms with Gasteiger partial charge in [-0.1, -0.05) is 6.42 Å². The Morgan fingerprint density at radius 1 is 1.47 bits per heavy atom. The summed E-state index contributed by atoms with van der Waals surface area (Å²) < 4.78 is 0. The summed E-state index contributed by atoms with van der Waals surface area (Å²) in [6.45, 7) is 3.64. The molecule has 3 N–H and O–H groups in total. The smallest absolute Gasteiger partial charge is 0.153 e. The molecule has 0 aliphatic heterocycles. The summed E-state index contributed by atoms with van der Waals surface area (Å²) >= 11 is 1.61. The average Bonchev–Trinajstić information content (AvgIpc) is 2.59. The van der Waals surface area contributed by atoms with E-state index in [1.807, 2.05) is 12.3 Å². The lowest BCUT2D eigenvalue weighted by Crippen LogP contribution is -2.04. The van der Waals surface area contributed by atoms with E-state index in [4.69, 9.17) is 5.73 Å². The second-order valence-corrected chi connectivity index (χ2v) is 4.60. The third-order valence-electron chi connectivity index (χ3n) is 2.34. The molecule has 3 nitrogen and oxygen atoms in total. The molecule has 1 aromatic rings. The maximum absolute atomic E-state index is 10.8. The molecule has 1 heterocycles. The fourth-order valence-electron chi connectivity index (χ4n) is 1.42. The van der Waals surface area contributed by atoms with Crippen LogP contribution >= 0.6 is 11.3 Å². The minimum atomic E-state index is 0.761. The van der Waals surface area contributed by atoms with E-state index in [0.29, 0.717) is 0 Å². The second kappa shape index (κ2) is 6.58. The van der Waals surface area contributed by atoms with Crippen molar-refractivity contribution < 1.29 is 4.79 Å². The summed E-state index contributed by atoms with van der Waals surface area (Å²) in [5.74, 6) is 0. The van der Waals surface area contributed by atoms with Gasteiger partial charge < -0.3 is 11.1 Å². The monoisotopic (exact) mass is 226 g/mol. The lowest BCUT2D eigenvalue weighted by Gasteiger charge is -2.04. The topological polar surface area (TPSA) is 55.1 Å². The highest BCUT2D eigenvalue weighted by molar-refractivity contribution is 7.10. The number of nitrogens with two attached hydrogens (primary N) is 1. The fourth-order valence-corrected chi connectivity index (χ4v) is 2.21. The number of anilines is 1. The van der Waals surface area contributed by atoms with Crippen molar-refractivity contribution in [2.75, 3.05) is 18.4 Å². The molecule has 84 valence electrons. The van der Waals surface area contributed by atoms with E-state index in [9.17, 15) is 4.79 Å². The Kier molecular flexibility index (Phi) is 5.36. The molecule has 0 radical (unpaired) electrons. The largest absolute Gasteiger partial charge is 0.384 e. The van der Waals surface area contributed by atoms with Crippen molar-refractivity contribution in [2.45, 2.75) is 26.2 Å². The first-order chi connectivity index (χ1) is 7.29. The molecular formula is C11H18N2OS. The Hall–Kier alpha value is -0.870. The molecular weight excluding hydrogens is 208 g/mol. The van der Waals surface area contributed by atoms with Crippen LogP contribution < -0.4 is 11.1 Å². The van der Waals surface area contributed by atoms with Crippen LogP contribution in [0.5, 0.6) is 0 Å². The quantitative estimate of drug-likeness (QED) is 0.554. The molecule has 15 heavy (non-hydrogen) atoms. The summed E-state index contributed by atoms with van der Waals surface area (Å²) in [4.78, 5) is 11.9. The van der Waals surface area contributed by atoms with E-state index in [2.05, 4.69) is 5.32 Å². The van der Waals surface area contributed by atoms with Crippen LogP contribution in [0.4, 0.5) is 5.69 Å². The normalized spacial score (nSPS) is 10.3. The summed E-state index contributed by atoms with van der Waals surface area (Å²) in [7, 11) is 0. The molecule has 0 saturated heterocycles. The highest BCUT2D eigenvalue weighted by Crippen LogP contribution is 2.24. The van der Waals surface area contributed by atoms with Gasteiger partial charge in [0.25, 0.3) is 0 Å². The highest BCUT2D eigenvalue weighted by Gasteiger charge is 2.06. The van der Waals surface area contributed by atoms with Crippen molar-refractivity contribution in [3.63, 3.8) is 0 Å². The van der Waals surface area contributed by atoms with Gasteiger partial charge in [-0.05, 0) is 26.3 Å². The molecule has 0 atom stereocenters. The molecule has 0 aliphatic carbocycles. The molecule has 0 saturated carbocycles. The number of aryl methyl sites for hydroxylation is 1. The van der Waals surface area contributed by atoms with Crippen LogP contribution in [0.15, 0.2) is 5.38 Å². The fraction of sp³-hybridized carbons (Fsp3) is 0.545. The van der Waals surface area contributed by atoms with E-state index in [0.717, 1.165) is 54.8 Å². The van der Waals surface area contributed by atoms with Crippen molar-refractivity contribution >= 4 is 23.3 Å². The Morgan fingerprint density at radius 2 is 2.27 bits per heavy atom. The zero-order valence-electron chi connectivity index (χ0n) is 9.08. The van der Waals surface area contributed by atoms with E-state index < -0.39 is 0 Å². The summed E-state index contributed by atoms with van der Waals surface area (Å²) in [5.41, 5.74) is 7.18. The minimum Gasteiger partial charge on any atom is -0.384 e. The van der Waals surface area contributed by atoms with Crippen LogP contribution in [0.25, 0.3) is 0 Å². The number of hydrogen-bond donors (Lipinski definition) is 2. The predicted molar refractivity (Wildman–Crippen MR) is 65.8 cm³/mol. The highest BCUT2D eigenvalue weighted by atomic mass is 32.1. The van der Waals surface area contributed by atoms with Crippen molar-refractivity contribution in [1.29, 1.82) is 0 Å². The van der Waals surface area contributed by atoms with Crippen LogP contribution in [0.2, 0.25) is 0 Å². The molecule has 0 aliphatic rings. The molecule has 0 spiro atoms. The Bertz CT molecular complexity index is 310. The van der Waals surface area contributed by atoms with Gasteiger partial charge >= 0.3 is 0 Å². The van der Waals surface area contributed by atoms with Gasteiger partial charge in [0, 0.05) is 16.8 Å². The number of rotatable bonds is 7. The lowest BCUT2D eigenvalue weighted by molar-refractivity contribution is 0.112. The first-order valence-electron chi connectivity index (χ1n) is 5.26. The Labute approximate surface area is 94.7 Å². The van der Waals surface area contributed by atoms with Gasteiger partial charge in [0.05, 0.1) is 11.3 Å². The van der Waals surface area contributed by atoms with Crippen LogP contribution in [0.3, 0.4) is 0 Å². The first-order valence-corrected chi connectivity index (χ1v) is 6.14. The van der Waals surface area contributed by atoms with Crippen LogP contribution in [-0.2, 0) is 0 Å². The third kappa shape index (κ3) is 3.64. The number of unbranched alkanes of at least 4 members (excludes halogenated alkanes) is 2. The standard InChI is InChI=1S/C11H18N2OS/c1-9-10(7-14)11(8-15-9)13-6-4-2-3-5-12/h7-8,13H,2-6,12H2,1H3. The van der Waals surface area contributed by atoms with E-state index in [-0.39, 0.29) is 0 Å². The number of carbonyl (C=O) groups excluding carboxylic acids is 1. The molecule has 1 rings (SSSR count). The van der Waals surface area contributed by atoms with Crippen molar-refractivity contribution in [2.24, 2.45) is 5.73 Å². The maximum Gasteiger partial charge on any atom is 0.153 e. The molecule has 0 bridgehead atoms. The average molecular weight is 226 g/mol. The van der Waals surface area contributed by atoms with Gasteiger partial charge in [0.15, 0.2) is 6.29 Å². The summed E-state index contributed by atoms with van der Waals surface area (Å²) in [5, 5.41) is 5.28. The SMILES string of the molecule is Cc1scc(NCCCCCN)c1C=O. The molecule has 0 amide bonds. The zero-order valence-corrected chi connectivity index (χ0v) is 9.90. The van der Waals surface area contributed by atoms with Gasteiger partial charge in [0.2, 0.25) is 0 Å². The molecule has 4 heteroatoms. The van der Waals surface area contributed by atoms with Crippen LogP contribution in [-0.4, -0.2) is 19.4 Å². The number of aldehydes is 1. The van der Waals surface area contributed by atoms with Crippen molar-refractivity contribution in [3.05, 3.63) is 15.8 Å². The third-order valence-corrected chi connectivity index (χ3v) is 3.26. The molecule has 0 fully saturated rings. The minimum absolute atomic E-state index is 0.761. The number of hydrogen-bond acceptors (Lipinski definition) is 4. The lowest BCUT2D eigenvalue weighted by atomic mass is 10.2. The van der Waals surface area contributed by atoms with E-state index in [1.165, 1.54) is 0 Å². The van der Waals surface area contributed by atoms with Crippen LogP contribution in [0, 0.1) is 6.92 Å². The molecule has 0 unspecified atom stereocenters. The van der Waals surface area contributed by atoms with Crippen LogP contribution in [0.1, 0.15) is 34.5 Å². The van der Waals surface area contributed by atoms with Gasteiger partial charge in [-0.3, -0.25) is 4.79 Å². The number of thiophene rings is 1. The van der Waals surface area contributed by atoms with E-state index in [1.54, 1.807) is 11.3 Å². The second-order valence-electron chi connectivity index (χ2n) is 3.51. The molecule has 0 aromatic carbocycles. The van der Waals surface area contributed by atoms with Crippen molar-refractivity contribution in [3.8, 4) is 0 Å². The number of nitrogens with one attached hydrogen (secondary N) is 1. The zero-order chi connectivity index (χ0) is 11.1. The summed E-state index contributed by atoms with van der Waals surface area (Å²) in [6.07, 6.45) is 4.24. The van der Waals surface area contributed by atoms with Gasteiger partial charge in [-0.25, -0.2) is 0 Å². The predicted octanol–water partition coefficient (Wildman–Crippen LogP) is 2.41. The number of carbonyl (C=O) groups is 1. The van der Waals surface area contributed by atoms with Gasteiger partial charge in [0.1, 0.15) is 0 Å². The van der Waals surface area contributed by atoms with Gasteiger partial charge in [-0.15, -0.1) is 11.3 Å². The Morgan fingerprint density at radius 3 is 2.93 bits per heavy atom.